The Labute approximate surface area is 120 Å². The van der Waals surface area contributed by atoms with Crippen molar-refractivity contribution in [1.82, 2.24) is 4.90 Å². The number of hydrogen-bond donors (Lipinski definition) is 1. The lowest BCUT2D eigenvalue weighted by atomic mass is 9.86. The molecule has 0 bridgehead atoms. The molecule has 0 radical (unpaired) electrons. The topological polar surface area (TPSA) is 57.6 Å². The number of carboxylic acids is 1. The fraction of sp³-hybridized carbons (Fsp3) is 0.333. The summed E-state index contributed by atoms with van der Waals surface area (Å²) in [7, 11) is 0. The highest BCUT2D eigenvalue weighted by atomic mass is 32.1. The van der Waals surface area contributed by atoms with E-state index in [1.807, 2.05) is 29.6 Å². The number of fused-ring (bicyclic) bond motifs is 1. The highest BCUT2D eigenvalue weighted by Crippen LogP contribution is 2.32. The van der Waals surface area contributed by atoms with E-state index in [-0.39, 0.29) is 12.3 Å². The number of rotatable bonds is 3. The second kappa shape index (κ2) is 4.59. The van der Waals surface area contributed by atoms with E-state index in [9.17, 15) is 14.7 Å². The summed E-state index contributed by atoms with van der Waals surface area (Å²) in [6.45, 7) is 2.15. The highest BCUT2D eigenvalue weighted by Gasteiger charge is 2.49. The Morgan fingerprint density at radius 1 is 1.40 bits per heavy atom. The minimum Gasteiger partial charge on any atom is -0.480 e. The van der Waals surface area contributed by atoms with Gasteiger partial charge in [0.25, 0.3) is 0 Å². The lowest BCUT2D eigenvalue weighted by molar-refractivity contribution is -0.168. The van der Waals surface area contributed by atoms with Gasteiger partial charge in [0.15, 0.2) is 0 Å². The van der Waals surface area contributed by atoms with E-state index >= 15 is 0 Å². The maximum absolute atomic E-state index is 12.3. The van der Waals surface area contributed by atoms with E-state index in [1.54, 1.807) is 18.3 Å². The first-order valence-corrected chi connectivity index (χ1v) is 7.39. The summed E-state index contributed by atoms with van der Waals surface area (Å²) in [4.78, 5) is 25.0. The minimum atomic E-state index is -1.02. The van der Waals surface area contributed by atoms with Crippen LogP contribution in [0.15, 0.2) is 29.6 Å². The predicted octanol–water partition coefficient (Wildman–Crippen LogP) is 2.52. The maximum atomic E-state index is 12.3. The Balaban J connectivity index is 1.82. The van der Waals surface area contributed by atoms with Crippen LogP contribution in [0.1, 0.15) is 18.9 Å². The van der Waals surface area contributed by atoms with Crippen molar-refractivity contribution < 1.29 is 14.7 Å². The molecule has 1 aliphatic rings. The summed E-state index contributed by atoms with van der Waals surface area (Å²) < 4.78 is 1.15. The fourth-order valence-electron chi connectivity index (χ4n) is 2.61. The number of benzene rings is 1. The van der Waals surface area contributed by atoms with E-state index < -0.39 is 11.5 Å². The first-order valence-electron chi connectivity index (χ1n) is 6.51. The van der Waals surface area contributed by atoms with Crippen LogP contribution in [0.25, 0.3) is 10.1 Å². The molecule has 0 saturated carbocycles. The number of carboxylic acid groups (broad SMARTS) is 1. The van der Waals surface area contributed by atoms with E-state index in [4.69, 9.17) is 0 Å². The molecular weight excluding hydrogens is 274 g/mol. The molecule has 1 aliphatic heterocycles. The molecule has 4 nitrogen and oxygen atoms in total. The van der Waals surface area contributed by atoms with Crippen molar-refractivity contribution >= 4 is 33.3 Å². The third-order valence-corrected chi connectivity index (χ3v) is 5.09. The number of nitrogens with zero attached hydrogens (tertiary/aromatic N) is 1. The fourth-order valence-corrected chi connectivity index (χ4v) is 3.57. The Morgan fingerprint density at radius 3 is 2.80 bits per heavy atom. The van der Waals surface area contributed by atoms with Crippen LogP contribution < -0.4 is 0 Å². The standard InChI is InChI=1S/C15H15NO3S/c1-15(14(18)19)6-7-16(15)13(17)8-10-9-20-12-5-3-2-4-11(10)12/h2-5,9H,6-8H2,1H3,(H,18,19). The third kappa shape index (κ3) is 1.89. The van der Waals surface area contributed by atoms with Crippen LogP contribution >= 0.6 is 11.3 Å². The zero-order chi connectivity index (χ0) is 14.3. The van der Waals surface area contributed by atoms with E-state index in [2.05, 4.69) is 0 Å². The van der Waals surface area contributed by atoms with Crippen molar-refractivity contribution in [2.45, 2.75) is 25.3 Å². The van der Waals surface area contributed by atoms with Crippen molar-refractivity contribution in [1.29, 1.82) is 0 Å². The largest absolute Gasteiger partial charge is 0.480 e. The molecule has 20 heavy (non-hydrogen) atoms. The van der Waals surface area contributed by atoms with Gasteiger partial charge in [0.05, 0.1) is 6.42 Å². The smallest absolute Gasteiger partial charge is 0.329 e. The SMILES string of the molecule is CC1(C(=O)O)CCN1C(=O)Cc1csc2ccccc12. The van der Waals surface area contributed by atoms with E-state index in [0.29, 0.717) is 13.0 Å². The molecular formula is C15H15NO3S. The molecule has 1 saturated heterocycles. The summed E-state index contributed by atoms with van der Waals surface area (Å²) in [6, 6.07) is 7.95. The van der Waals surface area contributed by atoms with Gasteiger partial charge in [0.2, 0.25) is 5.91 Å². The van der Waals surface area contributed by atoms with Gasteiger partial charge in [-0.3, -0.25) is 4.79 Å². The van der Waals surface area contributed by atoms with Crippen LogP contribution in [-0.4, -0.2) is 34.0 Å². The number of hydrogen-bond acceptors (Lipinski definition) is 3. The Bertz CT molecular complexity index is 693. The van der Waals surface area contributed by atoms with Crippen LogP contribution in [0.2, 0.25) is 0 Å². The van der Waals surface area contributed by atoms with Crippen LogP contribution in [0.5, 0.6) is 0 Å². The van der Waals surface area contributed by atoms with Crippen molar-refractivity contribution in [2.75, 3.05) is 6.54 Å². The van der Waals surface area contributed by atoms with Crippen LogP contribution in [-0.2, 0) is 16.0 Å². The van der Waals surface area contributed by atoms with Crippen LogP contribution in [0.4, 0.5) is 0 Å². The molecule has 2 aromatic rings. The Morgan fingerprint density at radius 2 is 2.15 bits per heavy atom. The zero-order valence-electron chi connectivity index (χ0n) is 11.1. The normalized spacial score (nSPS) is 21.8. The quantitative estimate of drug-likeness (QED) is 0.944. The van der Waals surface area contributed by atoms with Gasteiger partial charge in [0, 0.05) is 11.2 Å². The molecule has 1 unspecified atom stereocenters. The van der Waals surface area contributed by atoms with Gasteiger partial charge in [-0.05, 0) is 35.7 Å². The monoisotopic (exact) mass is 289 g/mol. The van der Waals surface area contributed by atoms with Gasteiger partial charge in [-0.2, -0.15) is 0 Å². The first-order chi connectivity index (χ1) is 9.52. The molecule has 1 fully saturated rings. The molecule has 2 heterocycles. The summed E-state index contributed by atoms with van der Waals surface area (Å²) in [5.41, 5.74) is -0.0432. The van der Waals surface area contributed by atoms with Crippen molar-refractivity contribution in [3.8, 4) is 0 Å². The number of amides is 1. The van der Waals surface area contributed by atoms with Gasteiger partial charge >= 0.3 is 5.97 Å². The second-order valence-corrected chi connectivity index (χ2v) is 6.22. The molecule has 1 atom stereocenters. The number of likely N-dealkylation sites (tertiary alicyclic amines) is 1. The van der Waals surface area contributed by atoms with Crippen molar-refractivity contribution in [2.24, 2.45) is 0 Å². The average molecular weight is 289 g/mol. The summed E-state index contributed by atoms with van der Waals surface area (Å²) in [6.07, 6.45) is 0.797. The highest BCUT2D eigenvalue weighted by molar-refractivity contribution is 7.17. The molecule has 0 aliphatic carbocycles. The van der Waals surface area contributed by atoms with Crippen LogP contribution in [0, 0.1) is 0 Å². The second-order valence-electron chi connectivity index (χ2n) is 5.31. The van der Waals surface area contributed by atoms with Gasteiger partial charge in [0.1, 0.15) is 5.54 Å². The summed E-state index contributed by atoms with van der Waals surface area (Å²) >= 11 is 1.61. The molecule has 1 N–H and O–H groups in total. The predicted molar refractivity (Wildman–Crippen MR) is 77.9 cm³/mol. The number of carbonyl (C=O) groups is 2. The molecule has 5 heteroatoms. The molecule has 3 rings (SSSR count). The lowest BCUT2D eigenvalue weighted by Gasteiger charge is -2.47. The summed E-state index contributed by atoms with van der Waals surface area (Å²) in [5, 5.41) is 12.3. The van der Waals surface area contributed by atoms with Gasteiger partial charge in [-0.25, -0.2) is 4.79 Å². The minimum absolute atomic E-state index is 0.107. The van der Waals surface area contributed by atoms with Gasteiger partial charge in [-0.1, -0.05) is 18.2 Å². The molecule has 1 amide bonds. The number of thiophene rings is 1. The van der Waals surface area contributed by atoms with Crippen LogP contribution in [0.3, 0.4) is 0 Å². The molecule has 1 aromatic carbocycles. The van der Waals surface area contributed by atoms with Gasteiger partial charge < -0.3 is 10.0 Å². The average Bonchev–Trinajstić information content (AvgIpc) is 2.80. The summed E-state index contributed by atoms with van der Waals surface area (Å²) in [5.74, 6) is -1.03. The number of aliphatic carboxylic acids is 1. The maximum Gasteiger partial charge on any atom is 0.329 e. The van der Waals surface area contributed by atoms with Crippen molar-refractivity contribution in [3.63, 3.8) is 0 Å². The third-order valence-electron chi connectivity index (χ3n) is 4.08. The van der Waals surface area contributed by atoms with Gasteiger partial charge in [-0.15, -0.1) is 11.3 Å². The number of carbonyl (C=O) groups excluding carboxylic acids is 1. The molecule has 1 aromatic heterocycles. The van der Waals surface area contributed by atoms with Crippen molar-refractivity contribution in [3.05, 3.63) is 35.2 Å². The molecule has 0 spiro atoms. The Hall–Kier alpha value is -1.88. The lowest BCUT2D eigenvalue weighted by Crippen LogP contribution is -2.64. The molecule has 104 valence electrons. The zero-order valence-corrected chi connectivity index (χ0v) is 11.9. The van der Waals surface area contributed by atoms with E-state index in [0.717, 1.165) is 15.6 Å². The van der Waals surface area contributed by atoms with E-state index in [1.165, 1.54) is 4.90 Å². The first kappa shape index (κ1) is 13.1. The Kier molecular flexibility index (Phi) is 3.01.